The molecule has 2 aromatic heterocycles. The topological polar surface area (TPSA) is 67.0 Å². The second kappa shape index (κ2) is 7.42. The smallest absolute Gasteiger partial charge is 0.146 e. The minimum Gasteiger partial charge on any atom is -0.381 e. The summed E-state index contributed by atoms with van der Waals surface area (Å²) in [5, 5.41) is 14.4. The molecule has 2 aromatic rings. The number of hydrogen-bond acceptors (Lipinski definition) is 5. The van der Waals surface area contributed by atoms with Gasteiger partial charge in [0.05, 0.1) is 23.4 Å². The van der Waals surface area contributed by atoms with Crippen LogP contribution < -0.4 is 4.90 Å². The van der Waals surface area contributed by atoms with E-state index in [1.165, 1.54) is 5.56 Å². The molecule has 0 amide bonds. The summed E-state index contributed by atoms with van der Waals surface area (Å²) in [5.41, 5.74) is 2.52. The van der Waals surface area contributed by atoms with Crippen LogP contribution in [0, 0.1) is 24.2 Å². The molecule has 1 fully saturated rings. The molecule has 2 atom stereocenters. The second-order valence-electron chi connectivity index (χ2n) is 6.42. The molecule has 0 bridgehead atoms. The Morgan fingerprint density at radius 2 is 2.20 bits per heavy atom. The van der Waals surface area contributed by atoms with Crippen LogP contribution in [0.25, 0.3) is 0 Å². The van der Waals surface area contributed by atoms with Crippen molar-refractivity contribution in [3.05, 3.63) is 40.3 Å². The number of aromatic nitrogens is 3. The molecule has 3 heterocycles. The van der Waals surface area contributed by atoms with Crippen molar-refractivity contribution in [1.82, 2.24) is 14.8 Å². The van der Waals surface area contributed by atoms with Gasteiger partial charge in [0.1, 0.15) is 11.9 Å². The highest BCUT2D eigenvalue weighted by Gasteiger charge is 2.36. The molecule has 25 heavy (non-hydrogen) atoms. The summed E-state index contributed by atoms with van der Waals surface area (Å²) in [4.78, 5) is 6.62. The molecular weight excluding hydrogens is 338 g/mol. The Bertz CT molecular complexity index is 797. The number of aryl methyl sites for hydroxylation is 1. The standard InChI is InChI=1S/C18H22ClN5O/c1-4-25-11-14-9-24(10-16(14)13-6-22-23(3)8-13)18-15(5-20)12(2)17(19)7-21-18/h6-8,14,16H,4,9-11H2,1-3H3/t14-,16-/m0/s1. The molecule has 0 saturated carbocycles. The molecule has 3 rings (SSSR count). The van der Waals surface area contributed by atoms with Crippen molar-refractivity contribution >= 4 is 17.4 Å². The summed E-state index contributed by atoms with van der Waals surface area (Å²) in [6, 6.07) is 2.26. The van der Waals surface area contributed by atoms with E-state index in [1.807, 2.05) is 31.8 Å². The van der Waals surface area contributed by atoms with Crippen LogP contribution in [0.15, 0.2) is 18.6 Å². The number of rotatable bonds is 5. The third-order valence-corrected chi connectivity index (χ3v) is 5.18. The van der Waals surface area contributed by atoms with Gasteiger partial charge in [0.15, 0.2) is 0 Å². The van der Waals surface area contributed by atoms with Gasteiger partial charge < -0.3 is 9.64 Å². The van der Waals surface area contributed by atoms with Crippen molar-refractivity contribution in [1.29, 1.82) is 5.26 Å². The predicted octanol–water partition coefficient (Wildman–Crippen LogP) is 2.91. The van der Waals surface area contributed by atoms with Crippen LogP contribution in [0.2, 0.25) is 5.02 Å². The zero-order chi connectivity index (χ0) is 18.0. The first-order valence-corrected chi connectivity index (χ1v) is 8.79. The molecule has 0 radical (unpaired) electrons. The highest BCUT2D eigenvalue weighted by atomic mass is 35.5. The summed E-state index contributed by atoms with van der Waals surface area (Å²) < 4.78 is 7.52. The number of pyridine rings is 1. The molecule has 1 saturated heterocycles. The Labute approximate surface area is 153 Å². The van der Waals surface area contributed by atoms with Gasteiger partial charge in [-0.05, 0) is 25.0 Å². The Morgan fingerprint density at radius 3 is 2.84 bits per heavy atom. The third-order valence-electron chi connectivity index (χ3n) is 4.80. The van der Waals surface area contributed by atoms with E-state index in [2.05, 4.69) is 27.2 Å². The lowest BCUT2D eigenvalue weighted by molar-refractivity contribution is 0.111. The summed E-state index contributed by atoms with van der Waals surface area (Å²) in [5.74, 6) is 1.33. The highest BCUT2D eigenvalue weighted by molar-refractivity contribution is 6.31. The van der Waals surface area contributed by atoms with Crippen LogP contribution in [-0.2, 0) is 11.8 Å². The Hall–Kier alpha value is -2.10. The normalized spacial score (nSPS) is 20.0. The first-order chi connectivity index (χ1) is 12.0. The van der Waals surface area contributed by atoms with Gasteiger partial charge in [-0.1, -0.05) is 11.6 Å². The molecule has 7 heteroatoms. The van der Waals surface area contributed by atoms with Crippen LogP contribution in [0.1, 0.15) is 29.5 Å². The van der Waals surface area contributed by atoms with E-state index in [-0.39, 0.29) is 0 Å². The maximum Gasteiger partial charge on any atom is 0.146 e. The molecule has 0 aromatic carbocycles. The predicted molar refractivity (Wildman–Crippen MR) is 96.8 cm³/mol. The maximum absolute atomic E-state index is 9.56. The van der Waals surface area contributed by atoms with Gasteiger partial charge in [0, 0.05) is 51.0 Å². The maximum atomic E-state index is 9.56. The van der Waals surface area contributed by atoms with Gasteiger partial charge in [-0.3, -0.25) is 4.68 Å². The Balaban J connectivity index is 1.92. The zero-order valence-corrected chi connectivity index (χ0v) is 15.5. The van der Waals surface area contributed by atoms with Gasteiger partial charge in [0.2, 0.25) is 0 Å². The van der Waals surface area contributed by atoms with E-state index in [0.29, 0.717) is 41.5 Å². The lowest BCUT2D eigenvalue weighted by atomic mass is 9.92. The third kappa shape index (κ3) is 3.48. The Kier molecular flexibility index (Phi) is 5.26. The van der Waals surface area contributed by atoms with E-state index >= 15 is 0 Å². The van der Waals surface area contributed by atoms with Crippen LogP contribution in [0.4, 0.5) is 5.82 Å². The highest BCUT2D eigenvalue weighted by Crippen LogP contribution is 2.37. The number of hydrogen-bond donors (Lipinski definition) is 0. The molecule has 6 nitrogen and oxygen atoms in total. The number of nitrogens with zero attached hydrogens (tertiary/aromatic N) is 5. The van der Waals surface area contributed by atoms with Crippen molar-refractivity contribution in [2.75, 3.05) is 31.2 Å². The van der Waals surface area contributed by atoms with Crippen LogP contribution in [0.5, 0.6) is 0 Å². The van der Waals surface area contributed by atoms with Gasteiger partial charge >= 0.3 is 0 Å². The SMILES string of the molecule is CCOC[C@@H]1CN(c2ncc(Cl)c(C)c2C#N)C[C@H]1c1cnn(C)c1. The van der Waals surface area contributed by atoms with Gasteiger partial charge in [-0.15, -0.1) is 0 Å². The summed E-state index contributed by atoms with van der Waals surface area (Å²) >= 11 is 6.13. The monoisotopic (exact) mass is 359 g/mol. The number of ether oxygens (including phenoxy) is 1. The van der Waals surface area contributed by atoms with E-state index in [1.54, 1.807) is 6.20 Å². The minimum absolute atomic E-state index is 0.296. The average Bonchev–Trinajstić information content (AvgIpc) is 3.21. The van der Waals surface area contributed by atoms with Crippen molar-refractivity contribution in [2.45, 2.75) is 19.8 Å². The molecule has 0 spiro atoms. The molecule has 0 unspecified atom stereocenters. The quantitative estimate of drug-likeness (QED) is 0.821. The fraction of sp³-hybridized carbons (Fsp3) is 0.500. The first kappa shape index (κ1) is 17.7. The van der Waals surface area contributed by atoms with E-state index in [9.17, 15) is 5.26 Å². The summed E-state index contributed by atoms with van der Waals surface area (Å²) in [6.45, 7) is 6.82. The summed E-state index contributed by atoms with van der Waals surface area (Å²) in [6.07, 6.45) is 5.60. The molecule has 1 aliphatic rings. The van der Waals surface area contributed by atoms with Crippen molar-refractivity contribution in [3.63, 3.8) is 0 Å². The molecule has 1 aliphatic heterocycles. The van der Waals surface area contributed by atoms with Crippen LogP contribution >= 0.6 is 11.6 Å². The summed E-state index contributed by atoms with van der Waals surface area (Å²) in [7, 11) is 1.92. The minimum atomic E-state index is 0.296. The first-order valence-electron chi connectivity index (χ1n) is 8.41. The fourth-order valence-corrected chi connectivity index (χ4v) is 3.57. The van der Waals surface area contributed by atoms with Gasteiger partial charge in [0.25, 0.3) is 0 Å². The lowest BCUT2D eigenvalue weighted by Crippen LogP contribution is -2.23. The average molecular weight is 360 g/mol. The fourth-order valence-electron chi connectivity index (χ4n) is 3.43. The Morgan fingerprint density at radius 1 is 1.40 bits per heavy atom. The zero-order valence-electron chi connectivity index (χ0n) is 14.7. The molecule has 0 aliphatic carbocycles. The van der Waals surface area contributed by atoms with Crippen LogP contribution in [-0.4, -0.2) is 41.1 Å². The van der Waals surface area contributed by atoms with Gasteiger partial charge in [-0.2, -0.15) is 10.4 Å². The van der Waals surface area contributed by atoms with Crippen molar-refractivity contribution in [2.24, 2.45) is 13.0 Å². The lowest BCUT2D eigenvalue weighted by Gasteiger charge is -2.20. The number of halogens is 1. The van der Waals surface area contributed by atoms with Crippen LogP contribution in [0.3, 0.4) is 0 Å². The van der Waals surface area contributed by atoms with Crippen molar-refractivity contribution in [3.8, 4) is 6.07 Å². The second-order valence-corrected chi connectivity index (χ2v) is 6.83. The molecular formula is C18H22ClN5O. The van der Waals surface area contributed by atoms with E-state index < -0.39 is 0 Å². The van der Waals surface area contributed by atoms with E-state index in [4.69, 9.17) is 16.3 Å². The van der Waals surface area contributed by atoms with Crippen molar-refractivity contribution < 1.29 is 4.74 Å². The van der Waals surface area contributed by atoms with E-state index in [0.717, 1.165) is 18.7 Å². The molecule has 0 N–H and O–H groups in total. The number of anilines is 1. The number of nitriles is 1. The van der Waals surface area contributed by atoms with Gasteiger partial charge in [-0.25, -0.2) is 4.98 Å². The molecule has 132 valence electrons. The largest absolute Gasteiger partial charge is 0.381 e.